The maximum absolute atomic E-state index is 11.8. The zero-order chi connectivity index (χ0) is 14.4. The number of likely N-dealkylation sites (tertiary alicyclic amines) is 1. The molecular weight excluding hydrogens is 322 g/mol. The van der Waals surface area contributed by atoms with E-state index in [-0.39, 0.29) is 18.1 Å². The molecule has 1 aliphatic rings. The van der Waals surface area contributed by atoms with Gasteiger partial charge in [0.2, 0.25) is 0 Å². The maximum Gasteiger partial charge on any atom is 0.171 e. The van der Waals surface area contributed by atoms with Crippen LogP contribution in [0.5, 0.6) is 11.5 Å². The van der Waals surface area contributed by atoms with Crippen LogP contribution in [0.3, 0.4) is 0 Å². The molecule has 1 heterocycles. The molecule has 1 aromatic rings. The zero-order valence-electron chi connectivity index (χ0n) is 11.5. The fourth-order valence-electron chi connectivity index (χ4n) is 2.31. The summed E-state index contributed by atoms with van der Waals surface area (Å²) in [6.45, 7) is 3.03. The molecule has 1 fully saturated rings. The second kappa shape index (κ2) is 7.64. The van der Waals surface area contributed by atoms with Gasteiger partial charge in [0, 0.05) is 17.4 Å². The molecule has 1 aromatic carbocycles. The Balaban J connectivity index is 1.71. The Morgan fingerprint density at radius 1 is 1.30 bits per heavy atom. The van der Waals surface area contributed by atoms with Crippen molar-refractivity contribution in [2.45, 2.75) is 25.7 Å². The third kappa shape index (κ3) is 4.80. The molecule has 0 amide bonds. The van der Waals surface area contributed by atoms with Gasteiger partial charge in [0.05, 0.1) is 0 Å². The molecule has 0 bridgehead atoms. The molecule has 0 aromatic heterocycles. The molecule has 5 heteroatoms. The normalized spacial score (nSPS) is 16.1. The van der Waals surface area contributed by atoms with Crippen molar-refractivity contribution in [3.8, 4) is 11.5 Å². The fourth-order valence-corrected chi connectivity index (χ4v) is 2.66. The highest BCUT2D eigenvalue weighted by atomic mass is 79.9. The lowest BCUT2D eigenvalue weighted by Gasteiger charge is -2.25. The van der Waals surface area contributed by atoms with Gasteiger partial charge in [-0.15, -0.1) is 0 Å². The predicted molar refractivity (Wildman–Crippen MR) is 81.2 cm³/mol. The number of ether oxygens (including phenoxy) is 1. The lowest BCUT2D eigenvalue weighted by molar-refractivity contribution is -0.121. The second-order valence-corrected chi connectivity index (χ2v) is 6.01. The van der Waals surface area contributed by atoms with E-state index in [4.69, 9.17) is 4.74 Å². The second-order valence-electron chi connectivity index (χ2n) is 5.09. The van der Waals surface area contributed by atoms with Gasteiger partial charge in [-0.3, -0.25) is 4.79 Å². The van der Waals surface area contributed by atoms with E-state index in [1.807, 2.05) is 0 Å². The lowest BCUT2D eigenvalue weighted by Crippen LogP contribution is -2.32. The van der Waals surface area contributed by atoms with Crippen molar-refractivity contribution in [1.82, 2.24) is 4.90 Å². The molecule has 1 N–H and O–H groups in total. The number of nitrogens with zero attached hydrogens (tertiary/aromatic N) is 1. The van der Waals surface area contributed by atoms with Crippen LogP contribution in [0.4, 0.5) is 0 Å². The summed E-state index contributed by atoms with van der Waals surface area (Å²) in [5.74, 6) is 0.459. The van der Waals surface area contributed by atoms with Crippen molar-refractivity contribution in [1.29, 1.82) is 0 Å². The van der Waals surface area contributed by atoms with Gasteiger partial charge in [0.25, 0.3) is 0 Å². The Morgan fingerprint density at radius 2 is 2.05 bits per heavy atom. The molecule has 1 aliphatic heterocycles. The average Bonchev–Trinajstić information content (AvgIpc) is 2.45. The largest absolute Gasteiger partial charge is 0.504 e. The van der Waals surface area contributed by atoms with E-state index >= 15 is 0 Å². The number of aromatic hydroxyl groups is 1. The number of Topliss-reactive ketones (excluding diaryl/α,β-unsaturated/α-hetero) is 1. The van der Waals surface area contributed by atoms with Crippen molar-refractivity contribution in [2.75, 3.05) is 26.2 Å². The van der Waals surface area contributed by atoms with E-state index in [0.717, 1.165) is 24.1 Å². The molecule has 1 saturated heterocycles. The number of benzene rings is 1. The monoisotopic (exact) mass is 341 g/mol. The molecule has 0 atom stereocenters. The molecule has 4 nitrogen and oxygen atoms in total. The Bertz CT molecular complexity index is 458. The molecule has 0 aliphatic carbocycles. The Morgan fingerprint density at radius 3 is 2.75 bits per heavy atom. The maximum atomic E-state index is 11.8. The molecule has 0 radical (unpaired) electrons. The summed E-state index contributed by atoms with van der Waals surface area (Å²) in [4.78, 5) is 14.1. The average molecular weight is 342 g/mol. The van der Waals surface area contributed by atoms with Gasteiger partial charge in [0.1, 0.15) is 6.61 Å². The van der Waals surface area contributed by atoms with Crippen molar-refractivity contribution in [3.63, 3.8) is 0 Å². The fraction of sp³-hybridized carbons (Fsp3) is 0.533. The zero-order valence-corrected chi connectivity index (χ0v) is 13.1. The van der Waals surface area contributed by atoms with Crippen LogP contribution in [-0.4, -0.2) is 42.0 Å². The number of hydrogen-bond acceptors (Lipinski definition) is 4. The first-order valence-corrected chi connectivity index (χ1v) is 7.80. The molecular formula is C15H20BrNO3. The Labute approximate surface area is 127 Å². The van der Waals surface area contributed by atoms with Crippen LogP contribution in [0.15, 0.2) is 22.7 Å². The highest BCUT2D eigenvalue weighted by molar-refractivity contribution is 9.10. The van der Waals surface area contributed by atoms with Gasteiger partial charge < -0.3 is 14.7 Å². The number of carbonyl (C=O) groups excluding carboxylic acids is 1. The highest BCUT2D eigenvalue weighted by Gasteiger charge is 2.12. The quantitative estimate of drug-likeness (QED) is 0.864. The number of rotatable bonds is 6. The summed E-state index contributed by atoms with van der Waals surface area (Å²) in [6, 6.07) is 4.97. The predicted octanol–water partition coefficient (Wildman–Crippen LogP) is 2.98. The molecule has 20 heavy (non-hydrogen) atoms. The lowest BCUT2D eigenvalue weighted by atomic mass is 10.1. The first-order chi connectivity index (χ1) is 9.65. The van der Waals surface area contributed by atoms with Gasteiger partial charge >= 0.3 is 0 Å². The molecule has 0 unspecified atom stereocenters. The summed E-state index contributed by atoms with van der Waals surface area (Å²) in [7, 11) is 0. The van der Waals surface area contributed by atoms with E-state index in [1.54, 1.807) is 18.2 Å². The van der Waals surface area contributed by atoms with Crippen LogP contribution in [0.1, 0.15) is 25.7 Å². The van der Waals surface area contributed by atoms with E-state index in [9.17, 15) is 9.90 Å². The number of piperidine rings is 1. The van der Waals surface area contributed by atoms with E-state index in [2.05, 4.69) is 20.8 Å². The molecule has 0 saturated carbocycles. The molecule has 110 valence electrons. The van der Waals surface area contributed by atoms with Crippen LogP contribution in [0.25, 0.3) is 0 Å². The number of hydrogen-bond donors (Lipinski definition) is 1. The van der Waals surface area contributed by atoms with E-state index < -0.39 is 0 Å². The standard InChI is InChI=1S/C15H20BrNO3/c16-12-4-5-15(14(19)10-12)20-11-13(18)6-9-17-7-2-1-3-8-17/h4-5,10,19H,1-3,6-9,11H2. The van der Waals surface area contributed by atoms with Crippen molar-refractivity contribution in [2.24, 2.45) is 0 Å². The van der Waals surface area contributed by atoms with Crippen LogP contribution in [0, 0.1) is 0 Å². The minimum Gasteiger partial charge on any atom is -0.504 e. The summed E-state index contributed by atoms with van der Waals surface area (Å²) in [6.07, 6.45) is 4.28. The number of phenols is 1. The van der Waals surface area contributed by atoms with Crippen molar-refractivity contribution >= 4 is 21.7 Å². The Hall–Kier alpha value is -1.07. The van der Waals surface area contributed by atoms with Gasteiger partial charge in [-0.25, -0.2) is 0 Å². The SMILES string of the molecule is O=C(CCN1CCCCC1)COc1ccc(Br)cc1O. The minimum atomic E-state index is 0.0169. The summed E-state index contributed by atoms with van der Waals surface area (Å²) in [5, 5.41) is 9.66. The number of ketones is 1. The minimum absolute atomic E-state index is 0.0169. The van der Waals surface area contributed by atoms with Gasteiger partial charge in [-0.05, 0) is 44.1 Å². The van der Waals surface area contributed by atoms with E-state index in [1.165, 1.54) is 19.3 Å². The third-order valence-electron chi connectivity index (χ3n) is 3.47. The number of phenolic OH excluding ortho intramolecular Hbond substituents is 1. The first-order valence-electron chi connectivity index (χ1n) is 7.00. The molecule has 0 spiro atoms. The van der Waals surface area contributed by atoms with Crippen LogP contribution in [0.2, 0.25) is 0 Å². The van der Waals surface area contributed by atoms with Crippen LogP contribution in [-0.2, 0) is 4.79 Å². The first kappa shape index (κ1) is 15.3. The summed E-state index contributed by atoms with van der Waals surface area (Å²) in [5.41, 5.74) is 0. The summed E-state index contributed by atoms with van der Waals surface area (Å²) < 4.78 is 6.13. The van der Waals surface area contributed by atoms with Crippen molar-refractivity contribution < 1.29 is 14.6 Å². The number of carbonyl (C=O) groups is 1. The topological polar surface area (TPSA) is 49.8 Å². The highest BCUT2D eigenvalue weighted by Crippen LogP contribution is 2.28. The van der Waals surface area contributed by atoms with Gasteiger partial charge in [0.15, 0.2) is 17.3 Å². The third-order valence-corrected chi connectivity index (χ3v) is 3.96. The number of halogens is 1. The Kier molecular flexibility index (Phi) is 5.86. The smallest absolute Gasteiger partial charge is 0.171 e. The summed E-state index contributed by atoms with van der Waals surface area (Å²) >= 11 is 3.26. The van der Waals surface area contributed by atoms with Crippen LogP contribution < -0.4 is 4.74 Å². The van der Waals surface area contributed by atoms with Crippen LogP contribution >= 0.6 is 15.9 Å². The van der Waals surface area contributed by atoms with Gasteiger partial charge in [-0.1, -0.05) is 22.4 Å². The van der Waals surface area contributed by atoms with Gasteiger partial charge in [-0.2, -0.15) is 0 Å². The molecule has 2 rings (SSSR count). The van der Waals surface area contributed by atoms with E-state index in [0.29, 0.717) is 12.2 Å². The van der Waals surface area contributed by atoms with Crippen molar-refractivity contribution in [3.05, 3.63) is 22.7 Å².